The van der Waals surface area contributed by atoms with Crippen LogP contribution < -0.4 is 5.32 Å². The summed E-state index contributed by atoms with van der Waals surface area (Å²) in [6.45, 7) is 4.87. The number of carbonyl (C=O) groups excluding carboxylic acids is 3. The lowest BCUT2D eigenvalue weighted by Gasteiger charge is -2.15. The van der Waals surface area contributed by atoms with Gasteiger partial charge in [0.2, 0.25) is 17.7 Å². The van der Waals surface area contributed by atoms with Gasteiger partial charge in [0, 0.05) is 19.5 Å². The molecule has 1 saturated heterocycles. The molecule has 27 heavy (non-hydrogen) atoms. The molecule has 0 saturated carbocycles. The topological polar surface area (TPSA) is 66.5 Å². The molecule has 1 aromatic carbocycles. The van der Waals surface area contributed by atoms with Crippen LogP contribution in [0.15, 0.2) is 30.4 Å². The maximum absolute atomic E-state index is 12.4. The van der Waals surface area contributed by atoms with Gasteiger partial charge in [-0.15, -0.1) is 0 Å². The van der Waals surface area contributed by atoms with Crippen molar-refractivity contribution in [3.63, 3.8) is 0 Å². The standard InChI is InChI=1S/C22H28N2O3/c1-3-15-9-10-16(4-2)17(13-15)14-23-20(25)11-12-24-21(26)18-7-5-6-8-19(18)22(24)27/h5-6,9-10,13,18-19H,3-4,7-8,11-12,14H2,1-2H3,(H,23,25)/t18-,19+. The zero-order valence-corrected chi connectivity index (χ0v) is 16.2. The Morgan fingerprint density at radius 3 is 2.30 bits per heavy atom. The Morgan fingerprint density at radius 2 is 1.70 bits per heavy atom. The third-order valence-corrected chi connectivity index (χ3v) is 5.70. The number of rotatable bonds is 7. The highest BCUT2D eigenvalue weighted by atomic mass is 16.2. The molecule has 3 rings (SSSR count). The number of fused-ring (bicyclic) bond motifs is 1. The molecule has 1 aliphatic carbocycles. The first kappa shape index (κ1) is 19.3. The van der Waals surface area contributed by atoms with Crippen molar-refractivity contribution in [2.24, 2.45) is 11.8 Å². The van der Waals surface area contributed by atoms with E-state index in [2.05, 4.69) is 37.4 Å². The molecule has 144 valence electrons. The van der Waals surface area contributed by atoms with Crippen LogP contribution in [0.3, 0.4) is 0 Å². The molecular formula is C22H28N2O3. The maximum Gasteiger partial charge on any atom is 0.233 e. The Balaban J connectivity index is 1.53. The lowest BCUT2D eigenvalue weighted by molar-refractivity contribution is -0.140. The van der Waals surface area contributed by atoms with E-state index in [1.807, 2.05) is 12.2 Å². The van der Waals surface area contributed by atoms with Crippen LogP contribution in [-0.4, -0.2) is 29.2 Å². The van der Waals surface area contributed by atoms with Gasteiger partial charge in [0.05, 0.1) is 11.8 Å². The van der Waals surface area contributed by atoms with Gasteiger partial charge >= 0.3 is 0 Å². The van der Waals surface area contributed by atoms with Crippen molar-refractivity contribution in [2.75, 3.05) is 6.54 Å². The molecule has 5 heteroatoms. The Hall–Kier alpha value is -2.43. The average molecular weight is 368 g/mol. The van der Waals surface area contributed by atoms with Gasteiger partial charge in [-0.05, 0) is 42.4 Å². The number of carbonyl (C=O) groups is 3. The van der Waals surface area contributed by atoms with E-state index in [0.29, 0.717) is 19.4 Å². The summed E-state index contributed by atoms with van der Waals surface area (Å²) < 4.78 is 0. The largest absolute Gasteiger partial charge is 0.352 e. The zero-order valence-electron chi connectivity index (χ0n) is 16.2. The predicted octanol–water partition coefficient (Wildman–Crippen LogP) is 2.77. The summed E-state index contributed by atoms with van der Waals surface area (Å²) in [5.74, 6) is -0.825. The first-order valence-electron chi connectivity index (χ1n) is 9.92. The van der Waals surface area contributed by atoms with Gasteiger partial charge in [-0.1, -0.05) is 44.2 Å². The van der Waals surface area contributed by atoms with E-state index in [-0.39, 0.29) is 42.5 Å². The van der Waals surface area contributed by atoms with Gasteiger partial charge in [-0.3, -0.25) is 19.3 Å². The molecule has 1 aromatic rings. The highest BCUT2D eigenvalue weighted by Gasteiger charge is 2.46. The fraction of sp³-hybridized carbons (Fsp3) is 0.500. The van der Waals surface area contributed by atoms with Crippen LogP contribution in [0.2, 0.25) is 0 Å². The van der Waals surface area contributed by atoms with Crippen molar-refractivity contribution in [1.82, 2.24) is 10.2 Å². The van der Waals surface area contributed by atoms with Crippen LogP contribution in [0.5, 0.6) is 0 Å². The first-order valence-corrected chi connectivity index (χ1v) is 9.92. The number of benzene rings is 1. The molecule has 2 atom stereocenters. The summed E-state index contributed by atoms with van der Waals surface area (Å²) in [5.41, 5.74) is 3.62. The van der Waals surface area contributed by atoms with E-state index in [9.17, 15) is 14.4 Å². The number of allylic oxidation sites excluding steroid dienone is 2. The fourth-order valence-corrected chi connectivity index (χ4v) is 3.99. The summed E-state index contributed by atoms with van der Waals surface area (Å²) in [5, 5.41) is 2.94. The van der Waals surface area contributed by atoms with Gasteiger partial charge in [-0.25, -0.2) is 0 Å². The third-order valence-electron chi connectivity index (χ3n) is 5.70. The van der Waals surface area contributed by atoms with Crippen LogP contribution in [0.4, 0.5) is 0 Å². The summed E-state index contributed by atoms with van der Waals surface area (Å²) in [6, 6.07) is 6.39. The molecule has 1 N–H and O–H groups in total. The van der Waals surface area contributed by atoms with Crippen LogP contribution in [0, 0.1) is 11.8 Å². The number of hydrogen-bond acceptors (Lipinski definition) is 3. The van der Waals surface area contributed by atoms with Gasteiger partial charge in [0.25, 0.3) is 0 Å². The molecule has 1 aliphatic heterocycles. The normalized spacial score (nSPS) is 21.5. The van der Waals surface area contributed by atoms with E-state index < -0.39 is 0 Å². The zero-order chi connectivity index (χ0) is 19.4. The lowest BCUT2D eigenvalue weighted by atomic mass is 9.85. The van der Waals surface area contributed by atoms with Crippen molar-refractivity contribution in [3.05, 3.63) is 47.0 Å². The number of hydrogen-bond donors (Lipinski definition) is 1. The molecule has 3 amide bonds. The van der Waals surface area contributed by atoms with E-state index >= 15 is 0 Å². The SMILES string of the molecule is CCc1ccc(CC)c(CNC(=O)CCN2C(=O)[C@H]3CC=CC[C@H]3C2=O)c1. The second kappa shape index (κ2) is 8.51. The predicted molar refractivity (Wildman–Crippen MR) is 104 cm³/mol. The van der Waals surface area contributed by atoms with Crippen molar-refractivity contribution in [3.8, 4) is 0 Å². The minimum absolute atomic E-state index is 0.119. The molecule has 0 spiro atoms. The molecule has 0 unspecified atom stereocenters. The molecule has 0 radical (unpaired) electrons. The second-order valence-electron chi connectivity index (χ2n) is 7.32. The molecule has 1 heterocycles. The second-order valence-corrected chi connectivity index (χ2v) is 7.32. The Bertz CT molecular complexity index is 743. The van der Waals surface area contributed by atoms with Gasteiger partial charge in [-0.2, -0.15) is 0 Å². The quantitative estimate of drug-likeness (QED) is 0.594. The van der Waals surface area contributed by atoms with Gasteiger partial charge in [0.1, 0.15) is 0 Å². The van der Waals surface area contributed by atoms with Crippen molar-refractivity contribution in [1.29, 1.82) is 0 Å². The number of likely N-dealkylation sites (tertiary alicyclic amines) is 1. The smallest absolute Gasteiger partial charge is 0.233 e. The van der Waals surface area contributed by atoms with Gasteiger partial charge < -0.3 is 5.32 Å². The van der Waals surface area contributed by atoms with Crippen LogP contribution in [0.25, 0.3) is 0 Å². The molecule has 2 aliphatic rings. The molecule has 1 fully saturated rings. The van der Waals surface area contributed by atoms with Crippen LogP contribution in [0.1, 0.15) is 49.8 Å². The van der Waals surface area contributed by atoms with E-state index in [1.54, 1.807) is 0 Å². The summed E-state index contributed by atoms with van der Waals surface area (Å²) in [4.78, 5) is 38.4. The molecule has 0 bridgehead atoms. The molecular weight excluding hydrogens is 340 g/mol. The summed E-state index contributed by atoms with van der Waals surface area (Å²) in [6.07, 6.45) is 7.23. The summed E-state index contributed by atoms with van der Waals surface area (Å²) in [7, 11) is 0. The first-order chi connectivity index (χ1) is 13.0. The lowest BCUT2D eigenvalue weighted by Crippen LogP contribution is -2.35. The third kappa shape index (κ3) is 4.12. The Morgan fingerprint density at radius 1 is 1.04 bits per heavy atom. The Labute approximate surface area is 160 Å². The summed E-state index contributed by atoms with van der Waals surface area (Å²) >= 11 is 0. The highest BCUT2D eigenvalue weighted by Crippen LogP contribution is 2.34. The number of imide groups is 1. The number of aryl methyl sites for hydroxylation is 2. The molecule has 0 aromatic heterocycles. The maximum atomic E-state index is 12.4. The minimum atomic E-state index is -0.227. The Kier molecular flexibility index (Phi) is 6.09. The average Bonchev–Trinajstić information content (AvgIpc) is 2.95. The van der Waals surface area contributed by atoms with Crippen molar-refractivity contribution in [2.45, 2.75) is 52.5 Å². The van der Waals surface area contributed by atoms with E-state index in [0.717, 1.165) is 18.4 Å². The fourth-order valence-electron chi connectivity index (χ4n) is 3.99. The van der Waals surface area contributed by atoms with Crippen LogP contribution in [-0.2, 0) is 33.8 Å². The number of nitrogens with zero attached hydrogens (tertiary/aromatic N) is 1. The van der Waals surface area contributed by atoms with Crippen molar-refractivity contribution < 1.29 is 14.4 Å². The molecule has 5 nitrogen and oxygen atoms in total. The minimum Gasteiger partial charge on any atom is -0.352 e. The number of amides is 3. The monoisotopic (exact) mass is 368 g/mol. The van der Waals surface area contributed by atoms with Gasteiger partial charge in [0.15, 0.2) is 0 Å². The van der Waals surface area contributed by atoms with Crippen LogP contribution >= 0.6 is 0 Å². The highest BCUT2D eigenvalue weighted by molar-refractivity contribution is 6.05. The van der Waals surface area contributed by atoms with Crippen molar-refractivity contribution >= 4 is 17.7 Å². The van der Waals surface area contributed by atoms with E-state index in [4.69, 9.17) is 0 Å². The number of nitrogens with one attached hydrogen (secondary N) is 1. The van der Waals surface area contributed by atoms with E-state index in [1.165, 1.54) is 16.0 Å².